The Labute approximate surface area is 103 Å². The van der Waals surface area contributed by atoms with Crippen molar-refractivity contribution in [3.63, 3.8) is 0 Å². The van der Waals surface area contributed by atoms with Gasteiger partial charge < -0.3 is 14.5 Å². The van der Waals surface area contributed by atoms with Crippen LogP contribution >= 0.6 is 0 Å². The molecular weight excluding hydrogens is 237 g/mol. The maximum absolute atomic E-state index is 13.1. The SMILES string of the molecule is COc1ccc(F)cc1COC(=O)c1ccc[nH]1. The van der Waals surface area contributed by atoms with E-state index in [0.29, 0.717) is 17.0 Å². The lowest BCUT2D eigenvalue weighted by atomic mass is 10.2. The molecule has 0 fully saturated rings. The number of hydrogen-bond donors (Lipinski definition) is 1. The number of aromatic nitrogens is 1. The zero-order valence-corrected chi connectivity index (χ0v) is 9.77. The second kappa shape index (κ2) is 5.35. The van der Waals surface area contributed by atoms with Gasteiger partial charge >= 0.3 is 5.97 Å². The van der Waals surface area contributed by atoms with Gasteiger partial charge in [0.2, 0.25) is 0 Å². The number of esters is 1. The summed E-state index contributed by atoms with van der Waals surface area (Å²) < 4.78 is 23.2. The van der Waals surface area contributed by atoms with Crippen molar-refractivity contribution in [3.05, 3.63) is 53.6 Å². The van der Waals surface area contributed by atoms with Crippen molar-refractivity contribution in [2.24, 2.45) is 0 Å². The number of H-pyrrole nitrogens is 1. The first kappa shape index (κ1) is 12.2. The predicted molar refractivity (Wildman–Crippen MR) is 62.9 cm³/mol. The highest BCUT2D eigenvalue weighted by molar-refractivity contribution is 5.87. The van der Waals surface area contributed by atoms with Crippen molar-refractivity contribution < 1.29 is 18.7 Å². The Kier molecular flexibility index (Phi) is 3.62. The van der Waals surface area contributed by atoms with Crippen LogP contribution in [0.5, 0.6) is 5.75 Å². The van der Waals surface area contributed by atoms with Gasteiger partial charge in [0.25, 0.3) is 0 Å². The fourth-order valence-corrected chi connectivity index (χ4v) is 1.54. The summed E-state index contributed by atoms with van der Waals surface area (Å²) in [6.45, 7) is -0.0429. The van der Waals surface area contributed by atoms with E-state index in [2.05, 4.69) is 4.98 Å². The molecule has 1 aromatic carbocycles. The van der Waals surface area contributed by atoms with Gasteiger partial charge in [-0.1, -0.05) is 0 Å². The number of carbonyl (C=O) groups is 1. The van der Waals surface area contributed by atoms with Gasteiger partial charge in [0.1, 0.15) is 23.9 Å². The van der Waals surface area contributed by atoms with Crippen LogP contribution in [0.4, 0.5) is 4.39 Å². The third kappa shape index (κ3) is 2.68. The molecule has 0 amide bonds. The fourth-order valence-electron chi connectivity index (χ4n) is 1.54. The van der Waals surface area contributed by atoms with Crippen LogP contribution < -0.4 is 4.74 Å². The van der Waals surface area contributed by atoms with Gasteiger partial charge in [-0.15, -0.1) is 0 Å². The molecule has 1 N–H and O–H groups in total. The summed E-state index contributed by atoms with van der Waals surface area (Å²) in [5.74, 6) is -0.413. The van der Waals surface area contributed by atoms with E-state index in [4.69, 9.17) is 9.47 Å². The summed E-state index contributed by atoms with van der Waals surface area (Å²) in [4.78, 5) is 14.3. The number of carbonyl (C=O) groups excluding carboxylic acids is 1. The summed E-state index contributed by atoms with van der Waals surface area (Å²) in [6, 6.07) is 7.35. The maximum Gasteiger partial charge on any atom is 0.355 e. The predicted octanol–water partition coefficient (Wildman–Crippen LogP) is 2.52. The molecule has 2 rings (SSSR count). The van der Waals surface area contributed by atoms with Crippen LogP contribution in [0.1, 0.15) is 16.1 Å². The normalized spacial score (nSPS) is 10.1. The minimum absolute atomic E-state index is 0.0429. The molecule has 5 heteroatoms. The first-order chi connectivity index (χ1) is 8.70. The molecule has 0 aliphatic rings. The molecule has 0 spiro atoms. The molecule has 0 radical (unpaired) electrons. The van der Waals surface area contributed by atoms with Gasteiger partial charge in [0, 0.05) is 11.8 Å². The maximum atomic E-state index is 13.1. The lowest BCUT2D eigenvalue weighted by molar-refractivity contribution is 0.0463. The Morgan fingerprint density at radius 3 is 2.89 bits per heavy atom. The highest BCUT2D eigenvalue weighted by Gasteiger charge is 2.10. The molecule has 0 aliphatic heterocycles. The van der Waals surface area contributed by atoms with Crippen molar-refractivity contribution in [2.75, 3.05) is 7.11 Å². The molecule has 0 bridgehead atoms. The summed E-state index contributed by atoms with van der Waals surface area (Å²) in [5, 5.41) is 0. The van der Waals surface area contributed by atoms with E-state index in [1.165, 1.54) is 25.3 Å². The molecule has 0 saturated carbocycles. The van der Waals surface area contributed by atoms with Crippen LogP contribution in [0.2, 0.25) is 0 Å². The smallest absolute Gasteiger partial charge is 0.355 e. The van der Waals surface area contributed by atoms with E-state index in [1.807, 2.05) is 0 Å². The largest absolute Gasteiger partial charge is 0.496 e. The van der Waals surface area contributed by atoms with E-state index in [-0.39, 0.29) is 6.61 Å². The van der Waals surface area contributed by atoms with Gasteiger partial charge in [0.15, 0.2) is 0 Å². The number of nitrogens with one attached hydrogen (secondary N) is 1. The molecular formula is C13H12FNO3. The summed E-state index contributed by atoms with van der Waals surface area (Å²) in [7, 11) is 1.48. The number of benzene rings is 1. The van der Waals surface area contributed by atoms with Crippen molar-refractivity contribution in [1.82, 2.24) is 4.98 Å². The minimum Gasteiger partial charge on any atom is -0.496 e. The van der Waals surface area contributed by atoms with Crippen molar-refractivity contribution in [1.29, 1.82) is 0 Å². The van der Waals surface area contributed by atoms with Crippen molar-refractivity contribution in [2.45, 2.75) is 6.61 Å². The number of methoxy groups -OCH3 is 1. The van der Waals surface area contributed by atoms with E-state index in [0.717, 1.165) is 0 Å². The molecule has 94 valence electrons. The Hall–Kier alpha value is -2.30. The average Bonchev–Trinajstić information content (AvgIpc) is 2.90. The van der Waals surface area contributed by atoms with E-state index in [1.54, 1.807) is 18.3 Å². The average molecular weight is 249 g/mol. The van der Waals surface area contributed by atoms with Crippen LogP contribution in [0.3, 0.4) is 0 Å². The summed E-state index contributed by atoms with van der Waals surface area (Å²) >= 11 is 0. The van der Waals surface area contributed by atoms with Crippen LogP contribution in [0.25, 0.3) is 0 Å². The Morgan fingerprint density at radius 1 is 1.39 bits per heavy atom. The Bertz CT molecular complexity index is 537. The second-order valence-electron chi connectivity index (χ2n) is 3.62. The zero-order valence-electron chi connectivity index (χ0n) is 9.77. The van der Waals surface area contributed by atoms with E-state index in [9.17, 15) is 9.18 Å². The highest BCUT2D eigenvalue weighted by Crippen LogP contribution is 2.20. The molecule has 1 heterocycles. The monoisotopic (exact) mass is 249 g/mol. The van der Waals surface area contributed by atoms with E-state index < -0.39 is 11.8 Å². The van der Waals surface area contributed by atoms with Gasteiger partial charge in [0.05, 0.1) is 7.11 Å². The number of hydrogen-bond acceptors (Lipinski definition) is 3. The zero-order chi connectivity index (χ0) is 13.0. The molecule has 18 heavy (non-hydrogen) atoms. The summed E-state index contributed by atoms with van der Waals surface area (Å²) in [6.07, 6.45) is 1.62. The molecule has 0 unspecified atom stereocenters. The van der Waals surface area contributed by atoms with Crippen LogP contribution in [-0.2, 0) is 11.3 Å². The topological polar surface area (TPSA) is 51.3 Å². The quantitative estimate of drug-likeness (QED) is 0.847. The molecule has 4 nitrogen and oxygen atoms in total. The molecule has 0 atom stereocenters. The molecule has 0 saturated heterocycles. The van der Waals surface area contributed by atoms with Crippen LogP contribution in [-0.4, -0.2) is 18.1 Å². The fraction of sp³-hybridized carbons (Fsp3) is 0.154. The van der Waals surface area contributed by atoms with Crippen LogP contribution in [0.15, 0.2) is 36.5 Å². The number of ether oxygens (including phenoxy) is 2. The molecule has 1 aromatic heterocycles. The number of rotatable bonds is 4. The Balaban J connectivity index is 2.06. The Morgan fingerprint density at radius 2 is 2.22 bits per heavy atom. The van der Waals surface area contributed by atoms with Gasteiger partial charge in [-0.3, -0.25) is 0 Å². The first-order valence-corrected chi connectivity index (χ1v) is 5.33. The number of aromatic amines is 1. The van der Waals surface area contributed by atoms with Crippen molar-refractivity contribution >= 4 is 5.97 Å². The van der Waals surface area contributed by atoms with Crippen molar-refractivity contribution in [3.8, 4) is 5.75 Å². The van der Waals surface area contributed by atoms with Gasteiger partial charge in [-0.2, -0.15) is 0 Å². The standard InChI is InChI=1S/C13H12FNO3/c1-17-12-5-4-10(14)7-9(12)8-18-13(16)11-3-2-6-15-11/h2-7,15H,8H2,1H3. The van der Waals surface area contributed by atoms with Gasteiger partial charge in [-0.25, -0.2) is 9.18 Å². The third-order valence-electron chi connectivity index (χ3n) is 2.42. The third-order valence-corrected chi connectivity index (χ3v) is 2.42. The van der Waals surface area contributed by atoms with Crippen LogP contribution in [0, 0.1) is 5.82 Å². The molecule has 2 aromatic rings. The van der Waals surface area contributed by atoms with E-state index >= 15 is 0 Å². The first-order valence-electron chi connectivity index (χ1n) is 5.33. The highest BCUT2D eigenvalue weighted by atomic mass is 19.1. The van der Waals surface area contributed by atoms with Gasteiger partial charge in [-0.05, 0) is 30.3 Å². The molecule has 0 aliphatic carbocycles. The lowest BCUT2D eigenvalue weighted by Gasteiger charge is -2.08. The second-order valence-corrected chi connectivity index (χ2v) is 3.62. The summed E-state index contributed by atoms with van der Waals surface area (Å²) in [5.41, 5.74) is 0.836. The minimum atomic E-state index is -0.494. The number of halogens is 1. The lowest BCUT2D eigenvalue weighted by Crippen LogP contribution is -2.06.